The highest BCUT2D eigenvalue weighted by atomic mass is 35.5. The second-order valence-electron chi connectivity index (χ2n) is 9.17. The first-order chi connectivity index (χ1) is 14.9. The van der Waals surface area contributed by atoms with Crippen molar-refractivity contribution < 1.29 is 9.47 Å². The zero-order valence-electron chi connectivity index (χ0n) is 19.5. The van der Waals surface area contributed by atoms with Crippen LogP contribution in [0.2, 0.25) is 5.02 Å². The predicted octanol–water partition coefficient (Wildman–Crippen LogP) is 6.17. The molecule has 0 aliphatic carbocycles. The van der Waals surface area contributed by atoms with Gasteiger partial charge in [0.2, 0.25) is 0 Å². The van der Waals surface area contributed by atoms with E-state index in [1.807, 2.05) is 19.9 Å². The number of methoxy groups -OCH3 is 1. The first kappa shape index (κ1) is 22.3. The number of fused-ring (bicyclic) bond motifs is 1. The van der Waals surface area contributed by atoms with Crippen molar-refractivity contribution in [3.8, 4) is 11.5 Å². The van der Waals surface area contributed by atoms with Crippen molar-refractivity contribution in [1.82, 2.24) is 4.90 Å². The molecule has 2 atom stereocenters. The van der Waals surface area contributed by atoms with Gasteiger partial charge in [0.1, 0.15) is 11.5 Å². The minimum Gasteiger partial charge on any atom is -0.496 e. The molecule has 31 heavy (non-hydrogen) atoms. The van der Waals surface area contributed by atoms with Crippen LogP contribution in [0.5, 0.6) is 11.5 Å². The summed E-state index contributed by atoms with van der Waals surface area (Å²) in [7, 11) is 1.76. The first-order valence-corrected chi connectivity index (χ1v) is 11.9. The second kappa shape index (κ2) is 9.30. The minimum absolute atomic E-state index is 0.111. The Kier molecular flexibility index (Phi) is 6.68. The molecule has 0 aromatic heterocycles. The highest BCUT2D eigenvalue weighted by molar-refractivity contribution is 6.32. The van der Waals surface area contributed by atoms with Crippen molar-refractivity contribution in [3.05, 3.63) is 52.0 Å². The molecule has 2 heterocycles. The Morgan fingerprint density at radius 1 is 1.00 bits per heavy atom. The summed E-state index contributed by atoms with van der Waals surface area (Å²) in [4.78, 5) is 5.24. The molecule has 4 nitrogen and oxygen atoms in total. The van der Waals surface area contributed by atoms with Crippen LogP contribution >= 0.6 is 11.6 Å². The lowest BCUT2D eigenvalue weighted by Gasteiger charge is -2.49. The SMILES string of the molecule is COc1ccc([C@H]2CCC[C@H]3CN(c4ccc(Cl)c(OC(C)C)c4)CCN32)c(C)c1C. The van der Waals surface area contributed by atoms with Crippen molar-refractivity contribution in [2.75, 3.05) is 31.6 Å². The second-order valence-corrected chi connectivity index (χ2v) is 9.58. The van der Waals surface area contributed by atoms with E-state index in [0.29, 0.717) is 17.1 Å². The number of nitrogens with zero attached hydrogens (tertiary/aromatic N) is 2. The lowest BCUT2D eigenvalue weighted by atomic mass is 9.86. The average molecular weight is 443 g/mol. The molecule has 2 aliphatic heterocycles. The van der Waals surface area contributed by atoms with Crippen molar-refractivity contribution in [3.63, 3.8) is 0 Å². The highest BCUT2D eigenvalue weighted by Crippen LogP contribution is 2.40. The molecule has 2 saturated heterocycles. The summed E-state index contributed by atoms with van der Waals surface area (Å²) in [6.07, 6.45) is 3.87. The maximum atomic E-state index is 6.37. The molecule has 0 saturated carbocycles. The summed E-state index contributed by atoms with van der Waals surface area (Å²) >= 11 is 6.37. The van der Waals surface area contributed by atoms with E-state index in [0.717, 1.165) is 31.1 Å². The van der Waals surface area contributed by atoms with Crippen LogP contribution in [0.25, 0.3) is 0 Å². The van der Waals surface area contributed by atoms with E-state index in [4.69, 9.17) is 21.1 Å². The lowest BCUT2D eigenvalue weighted by Crippen LogP contribution is -2.56. The number of hydrogen-bond acceptors (Lipinski definition) is 4. The van der Waals surface area contributed by atoms with Crippen LogP contribution in [-0.2, 0) is 0 Å². The summed E-state index contributed by atoms with van der Waals surface area (Å²) in [6, 6.07) is 11.7. The number of rotatable bonds is 5. The quantitative estimate of drug-likeness (QED) is 0.552. The van der Waals surface area contributed by atoms with Crippen molar-refractivity contribution in [2.24, 2.45) is 0 Å². The standard InChI is InChI=1S/C26H35ClN2O2/c1-17(2)31-26-15-20(9-11-23(26)27)28-13-14-29-21(16-28)7-6-8-24(29)22-10-12-25(30-5)19(4)18(22)3/h9-12,15,17,21,24H,6-8,13-14,16H2,1-5H3/t21-,24+/m0/s1. The molecule has 0 spiro atoms. The molecule has 2 aliphatic rings. The zero-order valence-corrected chi connectivity index (χ0v) is 20.2. The fourth-order valence-electron chi connectivity index (χ4n) is 5.25. The van der Waals surface area contributed by atoms with Crippen molar-refractivity contribution in [1.29, 1.82) is 0 Å². The number of piperidine rings is 1. The molecule has 2 fully saturated rings. The Bertz CT molecular complexity index is 930. The third kappa shape index (κ3) is 4.51. The molecule has 0 unspecified atom stereocenters. The topological polar surface area (TPSA) is 24.9 Å². The molecule has 4 rings (SSSR count). The zero-order chi connectivity index (χ0) is 22.1. The van der Waals surface area contributed by atoms with Gasteiger partial charge in [0.15, 0.2) is 0 Å². The van der Waals surface area contributed by atoms with E-state index < -0.39 is 0 Å². The van der Waals surface area contributed by atoms with E-state index in [9.17, 15) is 0 Å². The van der Waals surface area contributed by atoms with Gasteiger partial charge in [-0.3, -0.25) is 4.90 Å². The van der Waals surface area contributed by atoms with E-state index >= 15 is 0 Å². The fraction of sp³-hybridized carbons (Fsp3) is 0.538. The Hall–Kier alpha value is -1.91. The number of benzene rings is 2. The summed E-state index contributed by atoms with van der Waals surface area (Å²) in [6.45, 7) is 11.6. The van der Waals surface area contributed by atoms with Gasteiger partial charge in [-0.2, -0.15) is 0 Å². The van der Waals surface area contributed by atoms with Gasteiger partial charge in [0, 0.05) is 43.5 Å². The molecule has 5 heteroatoms. The molecule has 0 amide bonds. The molecular formula is C26H35ClN2O2. The maximum Gasteiger partial charge on any atom is 0.140 e. The van der Waals surface area contributed by atoms with E-state index in [2.05, 4.69) is 47.9 Å². The molecule has 168 valence electrons. The summed E-state index contributed by atoms with van der Waals surface area (Å²) in [5.41, 5.74) is 5.31. The van der Waals surface area contributed by atoms with Crippen LogP contribution in [0.3, 0.4) is 0 Å². The van der Waals surface area contributed by atoms with Crippen LogP contribution in [-0.4, -0.2) is 43.8 Å². The first-order valence-electron chi connectivity index (χ1n) is 11.5. The number of hydrogen-bond donors (Lipinski definition) is 0. The van der Waals surface area contributed by atoms with Gasteiger partial charge in [-0.05, 0) is 81.8 Å². The molecular weight excluding hydrogens is 408 g/mol. The van der Waals surface area contributed by atoms with Crippen LogP contribution in [0.4, 0.5) is 5.69 Å². The highest BCUT2D eigenvalue weighted by Gasteiger charge is 2.36. The summed E-state index contributed by atoms with van der Waals surface area (Å²) < 4.78 is 11.5. The Morgan fingerprint density at radius 2 is 1.81 bits per heavy atom. The number of halogens is 1. The van der Waals surface area contributed by atoms with Gasteiger partial charge in [0.25, 0.3) is 0 Å². The van der Waals surface area contributed by atoms with Crippen LogP contribution in [0, 0.1) is 13.8 Å². The minimum atomic E-state index is 0.111. The van der Waals surface area contributed by atoms with E-state index in [1.54, 1.807) is 7.11 Å². The number of ether oxygens (including phenoxy) is 2. The maximum absolute atomic E-state index is 6.37. The average Bonchev–Trinajstić information content (AvgIpc) is 2.76. The van der Waals surface area contributed by atoms with Gasteiger partial charge in [-0.1, -0.05) is 17.7 Å². The van der Waals surface area contributed by atoms with Gasteiger partial charge in [-0.25, -0.2) is 0 Å². The normalized spacial score (nSPS) is 21.8. The smallest absolute Gasteiger partial charge is 0.140 e. The molecule has 0 N–H and O–H groups in total. The van der Waals surface area contributed by atoms with Crippen LogP contribution in [0.1, 0.15) is 55.8 Å². The molecule has 0 bridgehead atoms. The molecule has 2 aromatic rings. The van der Waals surface area contributed by atoms with Crippen molar-refractivity contribution >= 4 is 17.3 Å². The third-order valence-electron chi connectivity index (χ3n) is 6.94. The van der Waals surface area contributed by atoms with Gasteiger partial charge >= 0.3 is 0 Å². The number of anilines is 1. The number of piperazine rings is 1. The van der Waals surface area contributed by atoms with E-state index in [1.165, 1.54) is 41.6 Å². The third-order valence-corrected chi connectivity index (χ3v) is 7.26. The van der Waals surface area contributed by atoms with E-state index in [-0.39, 0.29) is 6.10 Å². The van der Waals surface area contributed by atoms with Gasteiger partial charge < -0.3 is 14.4 Å². The van der Waals surface area contributed by atoms with Crippen molar-refractivity contribution in [2.45, 2.75) is 65.1 Å². The van der Waals surface area contributed by atoms with Crippen LogP contribution < -0.4 is 14.4 Å². The Balaban J connectivity index is 1.53. The lowest BCUT2D eigenvalue weighted by molar-refractivity contribution is 0.0712. The summed E-state index contributed by atoms with van der Waals surface area (Å²) in [5.74, 6) is 1.77. The van der Waals surface area contributed by atoms with Gasteiger partial charge in [-0.15, -0.1) is 0 Å². The monoisotopic (exact) mass is 442 g/mol. The largest absolute Gasteiger partial charge is 0.496 e. The predicted molar refractivity (Wildman–Crippen MR) is 129 cm³/mol. The Morgan fingerprint density at radius 3 is 2.55 bits per heavy atom. The summed E-state index contributed by atoms with van der Waals surface area (Å²) in [5, 5.41) is 0.680. The van der Waals surface area contributed by atoms with Gasteiger partial charge in [0.05, 0.1) is 18.2 Å². The molecule has 0 radical (unpaired) electrons. The molecule has 2 aromatic carbocycles. The fourth-order valence-corrected chi connectivity index (χ4v) is 5.41. The Labute approximate surface area is 192 Å². The van der Waals surface area contributed by atoms with Crippen LogP contribution in [0.15, 0.2) is 30.3 Å².